The molecule has 118 valence electrons. The number of nitrogens with zero attached hydrogens (tertiary/aromatic N) is 1. The molecule has 0 radical (unpaired) electrons. The molecule has 0 spiro atoms. The van der Waals surface area contributed by atoms with Crippen LogP contribution < -0.4 is 4.72 Å². The van der Waals surface area contributed by atoms with Gasteiger partial charge in [-0.25, -0.2) is 8.42 Å². The number of hydrogen-bond acceptors (Lipinski definition) is 3. The van der Waals surface area contributed by atoms with Crippen LogP contribution in [0, 0.1) is 0 Å². The lowest BCUT2D eigenvalue weighted by Gasteiger charge is -2.12. The molecule has 1 heterocycles. The van der Waals surface area contributed by atoms with Crippen LogP contribution in [0.25, 0.3) is 10.9 Å². The molecular weight excluding hydrogens is 379 g/mol. The summed E-state index contributed by atoms with van der Waals surface area (Å²) >= 11 is 17.7. The van der Waals surface area contributed by atoms with Crippen LogP contribution in [0.5, 0.6) is 0 Å². The van der Waals surface area contributed by atoms with Crippen LogP contribution in [-0.2, 0) is 10.0 Å². The molecule has 8 heteroatoms. The molecule has 1 N–H and O–H groups in total. The third-order valence-corrected chi connectivity index (χ3v) is 5.69. The van der Waals surface area contributed by atoms with E-state index in [1.54, 1.807) is 24.4 Å². The summed E-state index contributed by atoms with van der Waals surface area (Å²) in [5.41, 5.74) is 0.889. The molecule has 0 unspecified atom stereocenters. The van der Waals surface area contributed by atoms with Gasteiger partial charge in [0.05, 0.1) is 26.3 Å². The number of sulfonamides is 1. The van der Waals surface area contributed by atoms with Crippen molar-refractivity contribution in [3.63, 3.8) is 0 Å². The van der Waals surface area contributed by atoms with E-state index < -0.39 is 10.0 Å². The van der Waals surface area contributed by atoms with Crippen molar-refractivity contribution in [2.45, 2.75) is 4.90 Å². The molecule has 0 fully saturated rings. The second-order valence-corrected chi connectivity index (χ2v) is 7.56. The van der Waals surface area contributed by atoms with Gasteiger partial charge in [0.25, 0.3) is 10.0 Å². The molecule has 0 bridgehead atoms. The van der Waals surface area contributed by atoms with E-state index in [9.17, 15) is 8.42 Å². The van der Waals surface area contributed by atoms with E-state index in [2.05, 4.69) is 9.71 Å². The van der Waals surface area contributed by atoms with Crippen molar-refractivity contribution in [1.29, 1.82) is 0 Å². The molecule has 0 saturated carbocycles. The van der Waals surface area contributed by atoms with Crippen LogP contribution >= 0.6 is 34.8 Å². The summed E-state index contributed by atoms with van der Waals surface area (Å²) in [5, 5.41) is 1.09. The highest BCUT2D eigenvalue weighted by molar-refractivity contribution is 7.92. The normalized spacial score (nSPS) is 11.6. The summed E-state index contributed by atoms with van der Waals surface area (Å²) in [6.45, 7) is 0. The van der Waals surface area contributed by atoms with E-state index in [-0.39, 0.29) is 20.0 Å². The Morgan fingerprint density at radius 1 is 0.913 bits per heavy atom. The lowest BCUT2D eigenvalue weighted by Crippen LogP contribution is -2.14. The van der Waals surface area contributed by atoms with E-state index in [0.29, 0.717) is 11.2 Å². The number of rotatable bonds is 3. The minimum absolute atomic E-state index is 0.0138. The Morgan fingerprint density at radius 3 is 2.39 bits per heavy atom. The minimum Gasteiger partial charge on any atom is -0.277 e. The highest BCUT2D eigenvalue weighted by atomic mass is 35.5. The zero-order chi connectivity index (χ0) is 16.6. The molecule has 0 saturated heterocycles. The molecule has 3 aromatic rings. The second kappa shape index (κ2) is 6.17. The monoisotopic (exact) mass is 386 g/mol. The van der Waals surface area contributed by atoms with Crippen LogP contribution in [0.4, 0.5) is 5.69 Å². The van der Waals surface area contributed by atoms with Gasteiger partial charge in [-0.15, -0.1) is 0 Å². The molecule has 3 rings (SSSR count). The van der Waals surface area contributed by atoms with Gasteiger partial charge in [-0.3, -0.25) is 9.71 Å². The minimum atomic E-state index is -3.94. The van der Waals surface area contributed by atoms with Gasteiger partial charge in [-0.2, -0.15) is 0 Å². The van der Waals surface area contributed by atoms with Crippen molar-refractivity contribution in [2.24, 2.45) is 0 Å². The molecule has 23 heavy (non-hydrogen) atoms. The summed E-state index contributed by atoms with van der Waals surface area (Å²) in [4.78, 5) is 4.05. The largest absolute Gasteiger partial charge is 0.277 e. The number of nitrogens with one attached hydrogen (secondary N) is 1. The fourth-order valence-corrected chi connectivity index (χ4v) is 4.17. The number of aromatic nitrogens is 1. The summed E-state index contributed by atoms with van der Waals surface area (Å²) in [5.74, 6) is 0. The van der Waals surface area contributed by atoms with Crippen molar-refractivity contribution in [2.75, 3.05) is 4.72 Å². The topological polar surface area (TPSA) is 59.1 Å². The Hall–Kier alpha value is -1.53. The van der Waals surface area contributed by atoms with Crippen molar-refractivity contribution < 1.29 is 8.42 Å². The number of fused-ring (bicyclic) bond motifs is 1. The maximum absolute atomic E-state index is 12.6. The fourth-order valence-electron chi connectivity index (χ4n) is 2.10. The standard InChI is InChI=1S/C15H9Cl3N2O2S/c16-10-7-12(18)14(8-11(10)17)23(21,22)20-13-5-1-3-9-4-2-6-19-15(9)13/h1-8,20H. The first kappa shape index (κ1) is 16.3. The van der Waals surface area contributed by atoms with E-state index in [1.807, 2.05) is 12.1 Å². The van der Waals surface area contributed by atoms with E-state index in [1.165, 1.54) is 12.1 Å². The average molecular weight is 388 g/mol. The van der Waals surface area contributed by atoms with Crippen molar-refractivity contribution >= 4 is 61.4 Å². The van der Waals surface area contributed by atoms with Crippen molar-refractivity contribution in [3.8, 4) is 0 Å². The van der Waals surface area contributed by atoms with E-state index in [4.69, 9.17) is 34.8 Å². The van der Waals surface area contributed by atoms with Gasteiger partial charge in [0, 0.05) is 11.6 Å². The molecular formula is C15H9Cl3N2O2S. The average Bonchev–Trinajstić information content (AvgIpc) is 2.51. The third kappa shape index (κ3) is 3.23. The predicted molar refractivity (Wildman–Crippen MR) is 94.0 cm³/mol. The Balaban J connectivity index is 2.09. The summed E-state index contributed by atoms with van der Waals surface area (Å²) in [6, 6.07) is 11.3. The molecule has 0 aliphatic rings. The number of para-hydroxylation sites is 1. The number of anilines is 1. The van der Waals surface area contributed by atoms with Crippen LogP contribution in [0.3, 0.4) is 0 Å². The number of benzene rings is 2. The number of halogens is 3. The highest BCUT2D eigenvalue weighted by Gasteiger charge is 2.21. The summed E-state index contributed by atoms with van der Waals surface area (Å²) in [7, 11) is -3.94. The van der Waals surface area contributed by atoms with Gasteiger partial charge >= 0.3 is 0 Å². The third-order valence-electron chi connectivity index (χ3n) is 3.14. The van der Waals surface area contributed by atoms with Crippen LogP contribution in [0.2, 0.25) is 15.1 Å². The molecule has 1 aromatic heterocycles. The van der Waals surface area contributed by atoms with Crippen LogP contribution in [0.1, 0.15) is 0 Å². The maximum atomic E-state index is 12.6. The molecule has 0 amide bonds. The fraction of sp³-hybridized carbons (Fsp3) is 0. The van der Waals surface area contributed by atoms with Crippen LogP contribution in [0.15, 0.2) is 53.6 Å². The first-order valence-electron chi connectivity index (χ1n) is 6.39. The molecule has 4 nitrogen and oxygen atoms in total. The van der Waals surface area contributed by atoms with Gasteiger partial charge in [0.2, 0.25) is 0 Å². The molecule has 0 aliphatic heterocycles. The van der Waals surface area contributed by atoms with Gasteiger partial charge in [0.1, 0.15) is 4.90 Å². The number of hydrogen-bond donors (Lipinski definition) is 1. The second-order valence-electron chi connectivity index (χ2n) is 4.68. The quantitative estimate of drug-likeness (QED) is 0.644. The molecule has 0 aliphatic carbocycles. The van der Waals surface area contributed by atoms with Gasteiger partial charge < -0.3 is 0 Å². The zero-order valence-corrected chi connectivity index (χ0v) is 14.5. The smallest absolute Gasteiger partial charge is 0.263 e. The maximum Gasteiger partial charge on any atom is 0.263 e. The molecule has 0 atom stereocenters. The summed E-state index contributed by atoms with van der Waals surface area (Å²) < 4.78 is 27.7. The Morgan fingerprint density at radius 2 is 1.61 bits per heavy atom. The van der Waals surface area contributed by atoms with E-state index >= 15 is 0 Å². The van der Waals surface area contributed by atoms with Gasteiger partial charge in [-0.05, 0) is 24.3 Å². The Kier molecular flexibility index (Phi) is 4.38. The van der Waals surface area contributed by atoms with Crippen molar-refractivity contribution in [1.82, 2.24) is 4.98 Å². The van der Waals surface area contributed by atoms with Gasteiger partial charge in [-0.1, -0.05) is 53.0 Å². The predicted octanol–water partition coefficient (Wildman–Crippen LogP) is 5.00. The lowest BCUT2D eigenvalue weighted by atomic mass is 10.2. The number of pyridine rings is 1. The summed E-state index contributed by atoms with van der Waals surface area (Å²) in [6.07, 6.45) is 1.59. The van der Waals surface area contributed by atoms with E-state index in [0.717, 1.165) is 5.39 Å². The highest BCUT2D eigenvalue weighted by Crippen LogP contribution is 2.33. The first-order valence-corrected chi connectivity index (χ1v) is 9.01. The SMILES string of the molecule is O=S(=O)(Nc1cccc2cccnc12)c1cc(Cl)c(Cl)cc1Cl. The molecule has 2 aromatic carbocycles. The Bertz CT molecular complexity index is 1000. The Labute approximate surface area is 148 Å². The van der Waals surface area contributed by atoms with Gasteiger partial charge in [0.15, 0.2) is 0 Å². The van der Waals surface area contributed by atoms with Crippen LogP contribution in [-0.4, -0.2) is 13.4 Å². The van der Waals surface area contributed by atoms with Crippen molar-refractivity contribution in [3.05, 3.63) is 63.7 Å². The zero-order valence-electron chi connectivity index (χ0n) is 11.4. The first-order chi connectivity index (χ1) is 10.9. The lowest BCUT2D eigenvalue weighted by molar-refractivity contribution is 0.601.